The van der Waals surface area contributed by atoms with E-state index in [0.29, 0.717) is 11.5 Å². The summed E-state index contributed by atoms with van der Waals surface area (Å²) in [5.74, 6) is 2.95. The molecule has 1 aromatic rings. The minimum atomic E-state index is -0.113. The van der Waals surface area contributed by atoms with E-state index in [1.807, 2.05) is 19.1 Å². The van der Waals surface area contributed by atoms with Crippen LogP contribution in [0.2, 0.25) is 0 Å². The zero-order chi connectivity index (χ0) is 19.0. The monoisotopic (exact) mass is 365 g/mol. The van der Waals surface area contributed by atoms with Crippen molar-refractivity contribution < 1.29 is 9.90 Å². The lowest BCUT2D eigenvalue weighted by molar-refractivity contribution is -0.138. The van der Waals surface area contributed by atoms with Gasteiger partial charge in [0.1, 0.15) is 5.75 Å². The van der Waals surface area contributed by atoms with Gasteiger partial charge in [-0.15, -0.1) is 0 Å². The van der Waals surface area contributed by atoms with Gasteiger partial charge in [0.25, 0.3) is 0 Å². The Labute approximate surface area is 162 Å². The van der Waals surface area contributed by atoms with Gasteiger partial charge in [-0.1, -0.05) is 6.07 Å². The molecule has 27 heavy (non-hydrogen) atoms. The van der Waals surface area contributed by atoms with Crippen molar-refractivity contribution in [3.05, 3.63) is 34.9 Å². The number of hydrogen-bond donors (Lipinski definition) is 2. The highest BCUT2D eigenvalue weighted by Gasteiger charge is 2.54. The van der Waals surface area contributed by atoms with E-state index in [1.165, 1.54) is 24.8 Å². The van der Waals surface area contributed by atoms with Crippen LogP contribution in [-0.2, 0) is 11.2 Å². The molecular formula is C24H31NO2. The quantitative estimate of drug-likeness (QED) is 0.744. The number of carbonyl (C=O) groups excluding carboxylic acids is 1. The number of hydrogen-bond acceptors (Lipinski definition) is 3. The van der Waals surface area contributed by atoms with E-state index < -0.39 is 0 Å². The summed E-state index contributed by atoms with van der Waals surface area (Å²) in [5, 5.41) is 13.8. The van der Waals surface area contributed by atoms with Gasteiger partial charge >= 0.3 is 0 Å². The molecule has 4 fully saturated rings. The third-order valence-corrected chi connectivity index (χ3v) is 7.65. The van der Waals surface area contributed by atoms with E-state index in [-0.39, 0.29) is 11.0 Å². The first-order valence-electron chi connectivity index (χ1n) is 10.6. The van der Waals surface area contributed by atoms with Crippen LogP contribution in [0.5, 0.6) is 5.75 Å². The van der Waals surface area contributed by atoms with Crippen molar-refractivity contribution in [2.75, 3.05) is 0 Å². The maximum Gasteiger partial charge on any atom is 0.163 e. The Bertz CT molecular complexity index is 813. The van der Waals surface area contributed by atoms with Crippen LogP contribution in [0.25, 0.3) is 5.70 Å². The Morgan fingerprint density at radius 1 is 1.11 bits per heavy atom. The number of fused-ring (bicyclic) bond motifs is 1. The van der Waals surface area contributed by atoms with Crippen LogP contribution in [0.4, 0.5) is 0 Å². The molecule has 0 radical (unpaired) electrons. The number of ketones is 1. The number of aryl methyl sites for hydroxylation is 1. The van der Waals surface area contributed by atoms with Crippen molar-refractivity contribution in [2.24, 2.45) is 23.2 Å². The highest BCUT2D eigenvalue weighted by atomic mass is 16.3. The van der Waals surface area contributed by atoms with Crippen LogP contribution >= 0.6 is 0 Å². The van der Waals surface area contributed by atoms with E-state index in [2.05, 4.69) is 25.2 Å². The number of phenols is 1. The average molecular weight is 366 g/mol. The molecule has 3 nitrogen and oxygen atoms in total. The smallest absolute Gasteiger partial charge is 0.163 e. The van der Waals surface area contributed by atoms with E-state index in [4.69, 9.17) is 0 Å². The fourth-order valence-corrected chi connectivity index (χ4v) is 6.92. The summed E-state index contributed by atoms with van der Waals surface area (Å²) < 4.78 is 0. The van der Waals surface area contributed by atoms with E-state index in [9.17, 15) is 9.90 Å². The third-order valence-electron chi connectivity index (χ3n) is 7.65. The van der Waals surface area contributed by atoms with Gasteiger partial charge in [0.2, 0.25) is 0 Å². The van der Waals surface area contributed by atoms with Gasteiger partial charge in [-0.3, -0.25) is 4.79 Å². The summed E-state index contributed by atoms with van der Waals surface area (Å²) in [6.07, 6.45) is 10.1. The molecule has 0 unspecified atom stereocenters. The SMILES string of the molecule is Cc1cc2c(cc1O)C(=CC(=O)C13CC4CC(CC(C4)C1)C3)NC(C)(C)C2. The van der Waals surface area contributed by atoms with Gasteiger partial charge in [-0.25, -0.2) is 0 Å². The summed E-state index contributed by atoms with van der Waals surface area (Å²) in [6, 6.07) is 3.92. The first kappa shape index (κ1) is 17.3. The Morgan fingerprint density at radius 3 is 2.30 bits per heavy atom. The van der Waals surface area contributed by atoms with Crippen molar-refractivity contribution >= 4 is 11.5 Å². The van der Waals surface area contributed by atoms with Crippen molar-refractivity contribution in [2.45, 2.75) is 71.3 Å². The van der Waals surface area contributed by atoms with Crippen molar-refractivity contribution in [3.63, 3.8) is 0 Å². The predicted octanol–water partition coefficient (Wildman–Crippen LogP) is 4.75. The van der Waals surface area contributed by atoms with Crippen LogP contribution in [0.15, 0.2) is 18.2 Å². The van der Waals surface area contributed by atoms with Gasteiger partial charge in [-0.05, 0) is 101 Å². The summed E-state index contributed by atoms with van der Waals surface area (Å²) in [6.45, 7) is 6.30. The lowest BCUT2D eigenvalue weighted by Crippen LogP contribution is -2.50. The maximum atomic E-state index is 13.6. The van der Waals surface area contributed by atoms with E-state index in [0.717, 1.165) is 60.3 Å². The van der Waals surface area contributed by atoms with Gasteiger partial charge in [0, 0.05) is 28.3 Å². The van der Waals surface area contributed by atoms with Crippen LogP contribution in [0.1, 0.15) is 69.1 Å². The molecule has 4 aliphatic carbocycles. The molecule has 0 spiro atoms. The Balaban J connectivity index is 1.53. The fraction of sp³-hybridized carbons (Fsp3) is 0.625. The summed E-state index contributed by atoms with van der Waals surface area (Å²) in [5.41, 5.74) is 3.81. The van der Waals surface area contributed by atoms with Crippen LogP contribution < -0.4 is 5.32 Å². The normalized spacial score (nSPS) is 37.1. The molecule has 0 aromatic heterocycles. The number of nitrogens with one attached hydrogen (secondary N) is 1. The number of carbonyl (C=O) groups is 1. The van der Waals surface area contributed by atoms with Crippen LogP contribution in [0, 0.1) is 30.1 Å². The molecule has 1 aliphatic heterocycles. The van der Waals surface area contributed by atoms with E-state index in [1.54, 1.807) is 0 Å². The van der Waals surface area contributed by atoms with E-state index >= 15 is 0 Å². The average Bonchev–Trinajstić information content (AvgIpc) is 2.54. The maximum absolute atomic E-state index is 13.6. The lowest BCUT2D eigenvalue weighted by atomic mass is 9.48. The second kappa shape index (κ2) is 5.62. The zero-order valence-corrected chi connectivity index (χ0v) is 16.8. The molecule has 5 aliphatic rings. The minimum absolute atomic E-state index is 0.0933. The summed E-state index contributed by atoms with van der Waals surface area (Å²) >= 11 is 0. The number of allylic oxidation sites excluding steroid dienone is 1. The molecule has 1 aromatic carbocycles. The number of rotatable bonds is 2. The highest BCUT2D eigenvalue weighted by molar-refractivity contribution is 6.01. The number of phenolic OH excluding ortho intramolecular Hbond substituents is 1. The highest BCUT2D eigenvalue weighted by Crippen LogP contribution is 2.60. The second-order valence-electron chi connectivity index (χ2n) is 10.6. The fourth-order valence-electron chi connectivity index (χ4n) is 6.92. The standard InChI is InChI=1S/C24H31NO2/c1-14-4-18-13-23(2,3)25-20(19(18)8-21(14)26)9-22(27)24-10-15-5-16(11-24)7-17(6-15)12-24/h4,8-9,15-17,25-26H,5-7,10-13H2,1-3H3. The molecule has 3 heteroatoms. The van der Waals surface area contributed by atoms with Crippen LogP contribution in [0.3, 0.4) is 0 Å². The molecule has 4 saturated carbocycles. The Kier molecular flexibility index (Phi) is 3.61. The Morgan fingerprint density at radius 2 is 1.70 bits per heavy atom. The third kappa shape index (κ3) is 2.81. The van der Waals surface area contributed by atoms with Crippen molar-refractivity contribution in [1.82, 2.24) is 5.32 Å². The molecule has 6 rings (SSSR count). The summed E-state index contributed by atoms with van der Waals surface area (Å²) in [7, 11) is 0. The topological polar surface area (TPSA) is 49.3 Å². The minimum Gasteiger partial charge on any atom is -0.508 e. The van der Waals surface area contributed by atoms with Crippen LogP contribution in [-0.4, -0.2) is 16.4 Å². The van der Waals surface area contributed by atoms with Crippen molar-refractivity contribution in [1.29, 1.82) is 0 Å². The molecule has 2 N–H and O–H groups in total. The predicted molar refractivity (Wildman–Crippen MR) is 107 cm³/mol. The van der Waals surface area contributed by atoms with Crippen molar-refractivity contribution in [3.8, 4) is 5.75 Å². The molecule has 0 saturated heterocycles. The largest absolute Gasteiger partial charge is 0.508 e. The molecule has 144 valence electrons. The van der Waals surface area contributed by atoms with Gasteiger partial charge < -0.3 is 10.4 Å². The first-order chi connectivity index (χ1) is 12.7. The summed E-state index contributed by atoms with van der Waals surface area (Å²) in [4.78, 5) is 13.6. The Hall–Kier alpha value is -1.77. The second-order valence-corrected chi connectivity index (χ2v) is 10.6. The van der Waals surface area contributed by atoms with Gasteiger partial charge in [0.05, 0.1) is 0 Å². The first-order valence-corrected chi connectivity index (χ1v) is 10.6. The van der Waals surface area contributed by atoms with Gasteiger partial charge in [0.15, 0.2) is 5.78 Å². The van der Waals surface area contributed by atoms with Gasteiger partial charge in [-0.2, -0.15) is 0 Å². The molecule has 1 heterocycles. The molecule has 4 bridgehead atoms. The zero-order valence-electron chi connectivity index (χ0n) is 16.8. The number of benzene rings is 1. The molecule has 0 amide bonds. The molecule has 0 atom stereocenters. The number of aromatic hydroxyl groups is 1. The molecular weight excluding hydrogens is 334 g/mol. The lowest BCUT2D eigenvalue weighted by Gasteiger charge is -2.55.